The maximum Gasteiger partial charge on any atom is 0.00927 e. The highest BCUT2D eigenvalue weighted by molar-refractivity contribution is 9.09. The van der Waals surface area contributed by atoms with E-state index in [1.165, 1.54) is 38.6 Å². The first kappa shape index (κ1) is 14.5. The fourth-order valence-electron chi connectivity index (χ4n) is 2.67. The van der Waals surface area contributed by atoms with E-state index in [4.69, 9.17) is 0 Å². The van der Waals surface area contributed by atoms with Gasteiger partial charge in [-0.25, -0.2) is 0 Å². The van der Waals surface area contributed by atoms with Gasteiger partial charge in [0.15, 0.2) is 0 Å². The Morgan fingerprint density at radius 3 is 2.31 bits per heavy atom. The molecule has 1 aliphatic carbocycles. The van der Waals surface area contributed by atoms with Gasteiger partial charge in [0.1, 0.15) is 0 Å². The average molecular weight is 290 g/mol. The number of nitrogens with zero attached hydrogens (tertiary/aromatic N) is 1. The van der Waals surface area contributed by atoms with Crippen LogP contribution in [-0.2, 0) is 0 Å². The van der Waals surface area contributed by atoms with Gasteiger partial charge in [0.2, 0.25) is 0 Å². The molecule has 0 amide bonds. The molecule has 16 heavy (non-hydrogen) atoms. The number of rotatable bonds is 5. The quantitative estimate of drug-likeness (QED) is 0.682. The smallest absolute Gasteiger partial charge is 0.00927 e. The lowest BCUT2D eigenvalue weighted by atomic mass is 9.75. The van der Waals surface area contributed by atoms with E-state index in [0.717, 1.165) is 17.3 Å². The molecule has 96 valence electrons. The third kappa shape index (κ3) is 4.37. The SMILES string of the molecule is CCC(CBr)CN(C)C1CCC(C)(C)CC1. The van der Waals surface area contributed by atoms with Crippen LogP contribution in [0.25, 0.3) is 0 Å². The van der Waals surface area contributed by atoms with E-state index >= 15 is 0 Å². The Balaban J connectivity index is 2.35. The molecule has 0 aromatic rings. The first-order valence-electron chi connectivity index (χ1n) is 6.74. The van der Waals surface area contributed by atoms with Crippen molar-refractivity contribution in [3.05, 3.63) is 0 Å². The molecule has 1 aliphatic rings. The van der Waals surface area contributed by atoms with Gasteiger partial charge in [0, 0.05) is 17.9 Å². The maximum atomic E-state index is 3.62. The van der Waals surface area contributed by atoms with Crippen LogP contribution in [0.2, 0.25) is 0 Å². The summed E-state index contributed by atoms with van der Waals surface area (Å²) in [6.07, 6.45) is 6.86. The maximum absolute atomic E-state index is 3.62. The van der Waals surface area contributed by atoms with Gasteiger partial charge in [-0.05, 0) is 44.1 Å². The van der Waals surface area contributed by atoms with Crippen LogP contribution in [0.5, 0.6) is 0 Å². The lowest BCUT2D eigenvalue weighted by Crippen LogP contribution is -2.39. The Morgan fingerprint density at radius 2 is 1.88 bits per heavy atom. The Kier molecular flexibility index (Phi) is 5.79. The second-order valence-corrected chi connectivity index (χ2v) is 6.91. The second-order valence-electron chi connectivity index (χ2n) is 6.26. The van der Waals surface area contributed by atoms with Gasteiger partial charge in [0.05, 0.1) is 0 Å². The van der Waals surface area contributed by atoms with Crippen molar-refractivity contribution in [3.63, 3.8) is 0 Å². The first-order chi connectivity index (χ1) is 7.48. The van der Waals surface area contributed by atoms with Gasteiger partial charge in [-0.1, -0.05) is 43.1 Å². The summed E-state index contributed by atoms with van der Waals surface area (Å²) in [6.45, 7) is 8.38. The monoisotopic (exact) mass is 289 g/mol. The molecule has 0 aromatic heterocycles. The summed E-state index contributed by atoms with van der Waals surface area (Å²) in [6, 6.07) is 0.834. The number of hydrogen-bond donors (Lipinski definition) is 0. The highest BCUT2D eigenvalue weighted by Crippen LogP contribution is 2.36. The van der Waals surface area contributed by atoms with E-state index < -0.39 is 0 Å². The summed E-state index contributed by atoms with van der Waals surface area (Å²) in [5.41, 5.74) is 0.594. The molecule has 1 unspecified atom stereocenters. The minimum Gasteiger partial charge on any atom is -0.303 e. The predicted octanol–water partition coefficient (Wildman–Crippen LogP) is 4.31. The zero-order chi connectivity index (χ0) is 12.2. The molecule has 0 bridgehead atoms. The van der Waals surface area contributed by atoms with Gasteiger partial charge in [-0.3, -0.25) is 0 Å². The molecule has 0 aliphatic heterocycles. The standard InChI is InChI=1S/C14H28BrN/c1-5-12(10-15)11-16(4)13-6-8-14(2,3)9-7-13/h12-13H,5-11H2,1-4H3. The van der Waals surface area contributed by atoms with Crippen LogP contribution in [0.4, 0.5) is 0 Å². The van der Waals surface area contributed by atoms with Crippen molar-refractivity contribution in [1.29, 1.82) is 0 Å². The van der Waals surface area contributed by atoms with Gasteiger partial charge < -0.3 is 4.90 Å². The van der Waals surface area contributed by atoms with Crippen LogP contribution < -0.4 is 0 Å². The molecule has 1 atom stereocenters. The summed E-state index contributed by atoms with van der Waals surface area (Å²) < 4.78 is 0. The fraction of sp³-hybridized carbons (Fsp3) is 1.00. The molecule has 0 saturated heterocycles. The molecular formula is C14H28BrN. The van der Waals surface area contributed by atoms with Crippen LogP contribution in [0.3, 0.4) is 0 Å². The van der Waals surface area contributed by atoms with Crippen molar-refractivity contribution in [2.45, 2.75) is 58.9 Å². The van der Waals surface area contributed by atoms with Crippen molar-refractivity contribution < 1.29 is 0 Å². The van der Waals surface area contributed by atoms with Gasteiger partial charge >= 0.3 is 0 Å². The molecule has 0 spiro atoms. The molecule has 0 N–H and O–H groups in total. The molecule has 1 nitrogen and oxygen atoms in total. The minimum absolute atomic E-state index is 0.594. The minimum atomic E-state index is 0.594. The first-order valence-corrected chi connectivity index (χ1v) is 7.87. The normalized spacial score (nSPS) is 23.6. The highest BCUT2D eigenvalue weighted by Gasteiger charge is 2.29. The van der Waals surface area contributed by atoms with Crippen LogP contribution in [-0.4, -0.2) is 29.9 Å². The van der Waals surface area contributed by atoms with Crippen molar-refractivity contribution in [3.8, 4) is 0 Å². The van der Waals surface area contributed by atoms with Crippen LogP contribution in [0.1, 0.15) is 52.9 Å². The summed E-state index contributed by atoms with van der Waals surface area (Å²) >= 11 is 3.62. The molecule has 0 aromatic carbocycles. The Labute approximate surface area is 110 Å². The highest BCUT2D eigenvalue weighted by atomic mass is 79.9. The third-order valence-corrected chi connectivity index (χ3v) is 5.19. The summed E-state index contributed by atoms with van der Waals surface area (Å²) in [7, 11) is 2.31. The van der Waals surface area contributed by atoms with Crippen molar-refractivity contribution in [2.75, 3.05) is 18.9 Å². The van der Waals surface area contributed by atoms with Gasteiger partial charge in [0.25, 0.3) is 0 Å². The Hall–Kier alpha value is 0.440. The van der Waals surface area contributed by atoms with Crippen molar-refractivity contribution >= 4 is 15.9 Å². The van der Waals surface area contributed by atoms with Crippen LogP contribution in [0, 0.1) is 11.3 Å². The van der Waals surface area contributed by atoms with Crippen molar-refractivity contribution in [1.82, 2.24) is 4.90 Å². The number of halogens is 1. The largest absolute Gasteiger partial charge is 0.303 e. The summed E-state index contributed by atoms with van der Waals surface area (Å²) in [5, 5.41) is 1.14. The van der Waals surface area contributed by atoms with Gasteiger partial charge in [-0.2, -0.15) is 0 Å². The molecule has 1 fully saturated rings. The topological polar surface area (TPSA) is 3.24 Å². The van der Waals surface area contributed by atoms with E-state index in [2.05, 4.69) is 48.6 Å². The summed E-state index contributed by atoms with van der Waals surface area (Å²) in [4.78, 5) is 2.60. The third-order valence-electron chi connectivity index (χ3n) is 4.27. The van der Waals surface area contributed by atoms with Gasteiger partial charge in [-0.15, -0.1) is 0 Å². The molecule has 1 rings (SSSR count). The second kappa shape index (κ2) is 6.39. The fourth-order valence-corrected chi connectivity index (χ4v) is 3.33. The summed E-state index contributed by atoms with van der Waals surface area (Å²) in [5.74, 6) is 0.819. The Bertz CT molecular complexity index is 189. The van der Waals surface area contributed by atoms with E-state index in [9.17, 15) is 0 Å². The predicted molar refractivity (Wildman–Crippen MR) is 76.2 cm³/mol. The lowest BCUT2D eigenvalue weighted by Gasteiger charge is -2.39. The van der Waals surface area contributed by atoms with E-state index in [-0.39, 0.29) is 0 Å². The van der Waals surface area contributed by atoms with E-state index in [1.54, 1.807) is 0 Å². The van der Waals surface area contributed by atoms with Crippen LogP contribution in [0.15, 0.2) is 0 Å². The molecular weight excluding hydrogens is 262 g/mol. The van der Waals surface area contributed by atoms with E-state index in [1.807, 2.05) is 0 Å². The van der Waals surface area contributed by atoms with E-state index in [0.29, 0.717) is 5.41 Å². The molecule has 0 radical (unpaired) electrons. The zero-order valence-electron chi connectivity index (χ0n) is 11.4. The molecule has 1 saturated carbocycles. The molecule has 0 heterocycles. The molecule has 2 heteroatoms. The lowest BCUT2D eigenvalue weighted by molar-refractivity contribution is 0.117. The zero-order valence-corrected chi connectivity index (χ0v) is 13.0. The number of hydrogen-bond acceptors (Lipinski definition) is 1. The average Bonchev–Trinajstić information content (AvgIpc) is 2.25. The van der Waals surface area contributed by atoms with Crippen LogP contribution >= 0.6 is 15.9 Å². The Morgan fingerprint density at radius 1 is 1.31 bits per heavy atom. The van der Waals surface area contributed by atoms with Crippen molar-refractivity contribution in [2.24, 2.45) is 11.3 Å². The number of alkyl halides is 1.